The van der Waals surface area contributed by atoms with E-state index in [9.17, 15) is 9.18 Å². The lowest BCUT2D eigenvalue weighted by atomic mass is 10.2. The third kappa shape index (κ3) is 3.69. The molecule has 0 aromatic carbocycles. The largest absolute Gasteiger partial charge is 0.479 e. The molecule has 5 heteroatoms. The number of hydrogen-bond acceptors (Lipinski definition) is 3. The van der Waals surface area contributed by atoms with Gasteiger partial charge in [0.15, 0.2) is 0 Å². The number of nitrogens with one attached hydrogen (secondary N) is 1. The van der Waals surface area contributed by atoms with Gasteiger partial charge in [-0.15, -0.1) is 0 Å². The van der Waals surface area contributed by atoms with Gasteiger partial charge >= 0.3 is 5.97 Å². The van der Waals surface area contributed by atoms with Crippen molar-refractivity contribution < 1.29 is 19.0 Å². The first-order chi connectivity index (χ1) is 6.20. The number of halogens is 1. The van der Waals surface area contributed by atoms with Crippen molar-refractivity contribution in [3.8, 4) is 0 Å². The predicted molar refractivity (Wildman–Crippen MR) is 44.4 cm³/mol. The normalized spacial score (nSPS) is 24.5. The lowest BCUT2D eigenvalue weighted by molar-refractivity contribution is -0.145. The average molecular weight is 191 g/mol. The fourth-order valence-electron chi connectivity index (χ4n) is 1.28. The number of ether oxygens (including phenoxy) is 1. The van der Waals surface area contributed by atoms with Crippen molar-refractivity contribution in [2.24, 2.45) is 0 Å². The molecule has 4 nitrogen and oxygen atoms in total. The Bertz CT molecular complexity index is 171. The van der Waals surface area contributed by atoms with Gasteiger partial charge in [-0.1, -0.05) is 0 Å². The first kappa shape index (κ1) is 10.4. The van der Waals surface area contributed by atoms with Crippen LogP contribution < -0.4 is 5.32 Å². The Kier molecular flexibility index (Phi) is 4.11. The Labute approximate surface area is 76.1 Å². The second-order valence-electron chi connectivity index (χ2n) is 3.14. The minimum atomic E-state index is -1.90. The van der Waals surface area contributed by atoms with Crippen LogP contribution in [0.2, 0.25) is 0 Å². The fraction of sp³-hybridized carbons (Fsp3) is 0.875. The maximum Gasteiger partial charge on any atom is 0.340 e. The second kappa shape index (κ2) is 5.14. The first-order valence-electron chi connectivity index (χ1n) is 4.38. The maximum atomic E-state index is 12.5. The molecule has 2 atom stereocenters. The Morgan fingerprint density at radius 3 is 3.08 bits per heavy atom. The maximum absolute atomic E-state index is 12.5. The molecule has 1 saturated heterocycles. The Balaban J connectivity index is 2.02. The molecule has 1 fully saturated rings. The van der Waals surface area contributed by atoms with E-state index in [0.29, 0.717) is 6.61 Å². The van der Waals surface area contributed by atoms with Crippen molar-refractivity contribution in [2.45, 2.75) is 25.1 Å². The summed E-state index contributed by atoms with van der Waals surface area (Å²) in [5.74, 6) is -1.46. The summed E-state index contributed by atoms with van der Waals surface area (Å²) >= 11 is 0. The van der Waals surface area contributed by atoms with Gasteiger partial charge in [0.1, 0.15) is 0 Å². The van der Waals surface area contributed by atoms with Crippen molar-refractivity contribution in [3.63, 3.8) is 0 Å². The summed E-state index contributed by atoms with van der Waals surface area (Å²) in [5, 5.41) is 11.4. The van der Waals surface area contributed by atoms with Crippen LogP contribution in [0.3, 0.4) is 0 Å². The van der Waals surface area contributed by atoms with Crippen molar-refractivity contribution in [1.29, 1.82) is 0 Å². The van der Waals surface area contributed by atoms with Crippen LogP contribution in [0.4, 0.5) is 4.39 Å². The lowest BCUT2D eigenvalue weighted by Crippen LogP contribution is -2.29. The third-order valence-electron chi connectivity index (χ3n) is 2.01. The van der Waals surface area contributed by atoms with Gasteiger partial charge in [-0.3, -0.25) is 0 Å². The zero-order valence-corrected chi connectivity index (χ0v) is 7.33. The highest BCUT2D eigenvalue weighted by atomic mass is 19.1. The number of carbonyl (C=O) groups is 1. The molecule has 0 aromatic heterocycles. The van der Waals surface area contributed by atoms with Crippen LogP contribution in [0, 0.1) is 0 Å². The third-order valence-corrected chi connectivity index (χ3v) is 2.01. The Morgan fingerprint density at radius 1 is 1.77 bits per heavy atom. The van der Waals surface area contributed by atoms with Crippen LogP contribution in [0.15, 0.2) is 0 Å². The number of aliphatic carboxylic acids is 1. The molecule has 1 heterocycles. The molecule has 0 bridgehead atoms. The molecule has 1 aliphatic heterocycles. The van der Waals surface area contributed by atoms with E-state index in [4.69, 9.17) is 9.84 Å². The highest BCUT2D eigenvalue weighted by Crippen LogP contribution is 2.05. The molecule has 0 aliphatic carbocycles. The molecule has 2 N–H and O–H groups in total. The van der Waals surface area contributed by atoms with Crippen molar-refractivity contribution in [3.05, 3.63) is 0 Å². The summed E-state index contributed by atoms with van der Waals surface area (Å²) < 4.78 is 17.4. The van der Waals surface area contributed by atoms with E-state index in [2.05, 4.69) is 5.32 Å². The molecule has 0 radical (unpaired) electrons. The van der Waals surface area contributed by atoms with Gasteiger partial charge in [0.2, 0.25) is 6.17 Å². The molecular weight excluding hydrogens is 177 g/mol. The van der Waals surface area contributed by atoms with E-state index in [-0.39, 0.29) is 12.6 Å². The highest BCUT2D eigenvalue weighted by Gasteiger charge is 2.18. The predicted octanol–water partition coefficient (Wildman–Crippen LogP) is 0.178. The molecule has 76 valence electrons. The van der Waals surface area contributed by atoms with Crippen LogP contribution >= 0.6 is 0 Å². The van der Waals surface area contributed by atoms with E-state index in [1.54, 1.807) is 0 Å². The van der Waals surface area contributed by atoms with Gasteiger partial charge in [0, 0.05) is 6.04 Å². The van der Waals surface area contributed by atoms with Crippen LogP contribution in [-0.2, 0) is 9.53 Å². The Morgan fingerprint density at radius 2 is 2.54 bits per heavy atom. The number of rotatable bonds is 5. The van der Waals surface area contributed by atoms with Crippen LogP contribution in [0.25, 0.3) is 0 Å². The smallest absolute Gasteiger partial charge is 0.340 e. The van der Waals surface area contributed by atoms with Gasteiger partial charge in [-0.2, -0.15) is 0 Å². The van der Waals surface area contributed by atoms with E-state index in [1.807, 2.05) is 0 Å². The van der Waals surface area contributed by atoms with E-state index < -0.39 is 12.1 Å². The molecule has 13 heavy (non-hydrogen) atoms. The van der Waals surface area contributed by atoms with Gasteiger partial charge in [0.25, 0.3) is 0 Å². The van der Waals surface area contributed by atoms with Crippen LogP contribution in [0.1, 0.15) is 12.8 Å². The molecule has 1 rings (SSSR count). The SMILES string of the molecule is O=C(O)C(F)COC[C@@H]1CCCN1. The molecule has 1 unspecified atom stereocenters. The molecule has 1 aliphatic rings. The molecular formula is C8H14FNO3. The fourth-order valence-corrected chi connectivity index (χ4v) is 1.28. The minimum absolute atomic E-state index is 0.265. The summed E-state index contributed by atoms with van der Waals surface area (Å²) in [6, 6.07) is 0.265. The lowest BCUT2D eigenvalue weighted by Gasteiger charge is -2.10. The van der Waals surface area contributed by atoms with Gasteiger partial charge in [0.05, 0.1) is 13.2 Å². The van der Waals surface area contributed by atoms with Crippen LogP contribution in [0.5, 0.6) is 0 Å². The number of carboxylic acid groups (broad SMARTS) is 1. The van der Waals surface area contributed by atoms with E-state index >= 15 is 0 Å². The zero-order chi connectivity index (χ0) is 9.68. The monoisotopic (exact) mass is 191 g/mol. The molecule has 0 aromatic rings. The first-order valence-corrected chi connectivity index (χ1v) is 4.38. The van der Waals surface area contributed by atoms with Gasteiger partial charge < -0.3 is 15.2 Å². The second-order valence-corrected chi connectivity index (χ2v) is 3.14. The number of hydrogen-bond donors (Lipinski definition) is 2. The van der Waals surface area contributed by atoms with Crippen LogP contribution in [-0.4, -0.2) is 43.0 Å². The molecule has 0 amide bonds. The van der Waals surface area contributed by atoms with Crippen molar-refractivity contribution >= 4 is 5.97 Å². The van der Waals surface area contributed by atoms with Crippen molar-refractivity contribution in [1.82, 2.24) is 5.32 Å². The quantitative estimate of drug-likeness (QED) is 0.650. The van der Waals surface area contributed by atoms with Gasteiger partial charge in [-0.05, 0) is 19.4 Å². The summed E-state index contributed by atoms with van der Waals surface area (Å²) in [5.41, 5.74) is 0. The van der Waals surface area contributed by atoms with E-state index in [0.717, 1.165) is 19.4 Å². The zero-order valence-electron chi connectivity index (χ0n) is 7.33. The summed E-state index contributed by atoms with van der Waals surface area (Å²) in [6.07, 6.45) is 0.220. The number of carboxylic acids is 1. The summed E-state index contributed by atoms with van der Waals surface area (Å²) in [7, 11) is 0. The standard InChI is InChI=1S/C8H14FNO3/c9-7(8(11)12)5-13-4-6-2-1-3-10-6/h6-7,10H,1-5H2,(H,11,12)/t6-,7?/m0/s1. The minimum Gasteiger partial charge on any atom is -0.479 e. The number of alkyl halides is 1. The average Bonchev–Trinajstić information content (AvgIpc) is 2.56. The topological polar surface area (TPSA) is 58.6 Å². The Hall–Kier alpha value is -0.680. The molecule has 0 saturated carbocycles. The summed E-state index contributed by atoms with van der Waals surface area (Å²) in [4.78, 5) is 10.1. The van der Waals surface area contributed by atoms with Gasteiger partial charge in [-0.25, -0.2) is 9.18 Å². The summed E-state index contributed by atoms with van der Waals surface area (Å²) in [6.45, 7) is 1.01. The van der Waals surface area contributed by atoms with E-state index in [1.165, 1.54) is 0 Å². The highest BCUT2D eigenvalue weighted by molar-refractivity contribution is 5.72. The molecule has 0 spiro atoms. The van der Waals surface area contributed by atoms with Crippen molar-refractivity contribution in [2.75, 3.05) is 19.8 Å².